The van der Waals surface area contributed by atoms with Crippen LogP contribution in [0, 0.1) is 18.3 Å². The third-order valence-corrected chi connectivity index (χ3v) is 4.32. The lowest BCUT2D eigenvalue weighted by atomic mass is 10.1. The van der Waals surface area contributed by atoms with Gasteiger partial charge in [0.25, 0.3) is 5.56 Å². The molecule has 3 aromatic heterocycles. The number of halogens is 4. The van der Waals surface area contributed by atoms with Crippen molar-refractivity contribution in [3.05, 3.63) is 62.4 Å². The molecule has 10 heteroatoms. The first-order valence-electron chi connectivity index (χ1n) is 7.89. The monoisotopic (exact) mass is 395 g/mol. The van der Waals surface area contributed by atoms with Gasteiger partial charge in [-0.15, -0.1) is 0 Å². The van der Waals surface area contributed by atoms with Gasteiger partial charge in [-0.2, -0.15) is 23.5 Å². The molecule has 3 rings (SSSR count). The van der Waals surface area contributed by atoms with Crippen LogP contribution in [0.3, 0.4) is 0 Å². The van der Waals surface area contributed by atoms with Crippen molar-refractivity contribution in [2.45, 2.75) is 32.5 Å². The number of fused-ring (bicyclic) bond motifs is 1. The minimum atomic E-state index is -4.61. The number of aromatic nitrogens is 4. The third kappa shape index (κ3) is 3.80. The Morgan fingerprint density at radius 1 is 1.30 bits per heavy atom. The van der Waals surface area contributed by atoms with Gasteiger partial charge in [0.2, 0.25) is 0 Å². The first kappa shape index (κ1) is 18.9. The van der Waals surface area contributed by atoms with Crippen molar-refractivity contribution in [2.24, 2.45) is 0 Å². The topological polar surface area (TPSA) is 76.0 Å². The zero-order valence-corrected chi connectivity index (χ0v) is 14.8. The van der Waals surface area contributed by atoms with E-state index in [1.165, 1.54) is 10.5 Å². The summed E-state index contributed by atoms with van der Waals surface area (Å²) >= 11 is 5.82. The average Bonchev–Trinajstić information content (AvgIpc) is 2.95. The normalized spacial score (nSPS) is 11.7. The van der Waals surface area contributed by atoms with E-state index < -0.39 is 11.9 Å². The minimum Gasteiger partial charge on any atom is -0.269 e. The fourth-order valence-electron chi connectivity index (χ4n) is 2.77. The number of nitriles is 1. The highest BCUT2D eigenvalue weighted by molar-refractivity contribution is 6.29. The van der Waals surface area contributed by atoms with Gasteiger partial charge >= 0.3 is 6.18 Å². The summed E-state index contributed by atoms with van der Waals surface area (Å²) < 4.78 is 40.6. The quantitative estimate of drug-likeness (QED) is 0.678. The average molecular weight is 396 g/mol. The molecule has 0 amide bonds. The number of hydrogen-bond donors (Lipinski definition) is 0. The van der Waals surface area contributed by atoms with Gasteiger partial charge < -0.3 is 0 Å². The van der Waals surface area contributed by atoms with Crippen molar-refractivity contribution in [1.82, 2.24) is 19.2 Å². The van der Waals surface area contributed by atoms with E-state index in [9.17, 15) is 18.0 Å². The summed E-state index contributed by atoms with van der Waals surface area (Å²) in [5.74, 6) is 0. The Hall–Kier alpha value is -2.86. The Morgan fingerprint density at radius 3 is 2.67 bits per heavy atom. The number of alkyl halides is 3. The molecule has 0 saturated heterocycles. The maximum absolute atomic E-state index is 12.8. The van der Waals surface area contributed by atoms with Gasteiger partial charge in [0, 0.05) is 30.7 Å². The van der Waals surface area contributed by atoms with Gasteiger partial charge in [0.05, 0.1) is 18.3 Å². The van der Waals surface area contributed by atoms with E-state index in [-0.39, 0.29) is 29.4 Å². The molecule has 0 aliphatic rings. The van der Waals surface area contributed by atoms with Crippen LogP contribution < -0.4 is 5.56 Å². The molecule has 0 saturated carbocycles. The van der Waals surface area contributed by atoms with Gasteiger partial charge in [-0.25, -0.2) is 9.67 Å². The molecule has 0 fully saturated rings. The Labute approximate surface area is 156 Å². The molecule has 0 aliphatic heterocycles. The van der Waals surface area contributed by atoms with Gasteiger partial charge in [-0.3, -0.25) is 9.20 Å². The standard InChI is InChI=1S/C17H13ClF3N5O/c1-10-4-5-15-23-11(7-16(27)26(15)12(10)3-2-6-22)9-25-14(18)8-13(24-25)17(19,20)21/h4-5,7-8H,2-3,9H2,1H3. The van der Waals surface area contributed by atoms with Crippen molar-refractivity contribution >= 4 is 17.2 Å². The second-order valence-electron chi connectivity index (χ2n) is 5.91. The molecular formula is C17H13ClF3N5O. The second-order valence-corrected chi connectivity index (χ2v) is 6.30. The molecule has 6 nitrogen and oxygen atoms in total. The summed E-state index contributed by atoms with van der Waals surface area (Å²) in [5.41, 5.74) is 0.600. The van der Waals surface area contributed by atoms with Gasteiger partial charge in [-0.1, -0.05) is 17.7 Å². The van der Waals surface area contributed by atoms with Crippen LogP contribution >= 0.6 is 11.6 Å². The lowest BCUT2D eigenvalue weighted by Crippen LogP contribution is -2.21. The summed E-state index contributed by atoms with van der Waals surface area (Å²) in [5, 5.41) is 12.0. The molecule has 0 unspecified atom stereocenters. The van der Waals surface area contributed by atoms with Crippen LogP contribution in [0.2, 0.25) is 5.15 Å². The summed E-state index contributed by atoms with van der Waals surface area (Å²) in [6, 6.07) is 7.41. The third-order valence-electron chi connectivity index (χ3n) is 4.01. The summed E-state index contributed by atoms with van der Waals surface area (Å²) in [7, 11) is 0. The van der Waals surface area contributed by atoms with Crippen LogP contribution in [0.1, 0.15) is 29.1 Å². The van der Waals surface area contributed by atoms with E-state index in [1.54, 1.807) is 12.1 Å². The van der Waals surface area contributed by atoms with Crippen LogP contribution in [0.4, 0.5) is 13.2 Å². The highest BCUT2D eigenvalue weighted by atomic mass is 35.5. The lowest BCUT2D eigenvalue weighted by molar-refractivity contribution is -0.141. The molecule has 0 N–H and O–H groups in total. The molecule has 0 radical (unpaired) electrons. The zero-order valence-electron chi connectivity index (χ0n) is 14.1. The van der Waals surface area contributed by atoms with E-state index in [0.29, 0.717) is 17.8 Å². The number of hydrogen-bond acceptors (Lipinski definition) is 4. The van der Waals surface area contributed by atoms with E-state index in [1.807, 2.05) is 13.0 Å². The molecule has 3 heterocycles. The maximum atomic E-state index is 12.8. The number of aryl methyl sites for hydroxylation is 2. The molecule has 0 atom stereocenters. The molecule has 0 bridgehead atoms. The predicted octanol–water partition coefficient (Wildman–Crippen LogP) is 3.38. The molecule has 3 aromatic rings. The largest absolute Gasteiger partial charge is 0.435 e. The van der Waals surface area contributed by atoms with Crippen molar-refractivity contribution in [3.63, 3.8) is 0 Å². The van der Waals surface area contributed by atoms with Crippen LogP contribution in [0.15, 0.2) is 29.1 Å². The van der Waals surface area contributed by atoms with Crippen LogP contribution in [-0.2, 0) is 19.1 Å². The van der Waals surface area contributed by atoms with Crippen LogP contribution in [0.25, 0.3) is 5.65 Å². The van der Waals surface area contributed by atoms with Crippen LogP contribution in [-0.4, -0.2) is 19.2 Å². The number of rotatable bonds is 4. The lowest BCUT2D eigenvalue weighted by Gasteiger charge is -2.11. The fraction of sp³-hybridized carbons (Fsp3) is 0.294. The van der Waals surface area contributed by atoms with E-state index in [0.717, 1.165) is 16.3 Å². The highest BCUT2D eigenvalue weighted by Crippen LogP contribution is 2.30. The maximum Gasteiger partial charge on any atom is 0.435 e. The Morgan fingerprint density at radius 2 is 2.04 bits per heavy atom. The highest BCUT2D eigenvalue weighted by Gasteiger charge is 2.34. The number of nitrogens with zero attached hydrogens (tertiary/aromatic N) is 5. The van der Waals surface area contributed by atoms with Gasteiger partial charge in [0.1, 0.15) is 10.8 Å². The van der Waals surface area contributed by atoms with Crippen LogP contribution in [0.5, 0.6) is 0 Å². The number of pyridine rings is 1. The molecule has 27 heavy (non-hydrogen) atoms. The van der Waals surface area contributed by atoms with E-state index >= 15 is 0 Å². The molecule has 0 aromatic carbocycles. The Kier molecular flexibility index (Phi) is 4.93. The summed E-state index contributed by atoms with van der Waals surface area (Å²) in [4.78, 5) is 16.9. The van der Waals surface area contributed by atoms with Crippen molar-refractivity contribution in [2.75, 3.05) is 0 Å². The van der Waals surface area contributed by atoms with Gasteiger partial charge in [0.15, 0.2) is 5.69 Å². The first-order valence-corrected chi connectivity index (χ1v) is 8.27. The molecule has 140 valence electrons. The fourth-order valence-corrected chi connectivity index (χ4v) is 2.97. The Bertz CT molecular complexity index is 1110. The first-order chi connectivity index (χ1) is 12.7. The summed E-state index contributed by atoms with van der Waals surface area (Å²) in [6.07, 6.45) is -3.98. The van der Waals surface area contributed by atoms with E-state index in [2.05, 4.69) is 10.1 Å². The zero-order chi connectivity index (χ0) is 19.8. The second kappa shape index (κ2) is 7.04. The molecular weight excluding hydrogens is 383 g/mol. The van der Waals surface area contributed by atoms with Crippen molar-refractivity contribution in [1.29, 1.82) is 5.26 Å². The molecule has 0 spiro atoms. The minimum absolute atomic E-state index is 0.179. The smallest absolute Gasteiger partial charge is 0.269 e. The predicted molar refractivity (Wildman–Crippen MR) is 91.5 cm³/mol. The summed E-state index contributed by atoms with van der Waals surface area (Å²) in [6.45, 7) is 1.65. The van der Waals surface area contributed by atoms with Gasteiger partial charge in [-0.05, 0) is 18.6 Å². The van der Waals surface area contributed by atoms with E-state index in [4.69, 9.17) is 16.9 Å². The Balaban J connectivity index is 2.03. The van der Waals surface area contributed by atoms with Crippen molar-refractivity contribution < 1.29 is 13.2 Å². The SMILES string of the molecule is Cc1ccc2nc(Cn3nc(C(F)(F)F)cc3Cl)cc(=O)n2c1CCC#N. The van der Waals surface area contributed by atoms with Crippen molar-refractivity contribution in [3.8, 4) is 6.07 Å². The molecule has 0 aliphatic carbocycles.